The summed E-state index contributed by atoms with van der Waals surface area (Å²) in [6.07, 6.45) is 0.592. The van der Waals surface area contributed by atoms with Crippen LogP contribution >= 0.6 is 0 Å². The van der Waals surface area contributed by atoms with Gasteiger partial charge in [-0.15, -0.1) is 0 Å². The van der Waals surface area contributed by atoms with Gasteiger partial charge < -0.3 is 24.2 Å². The lowest BCUT2D eigenvalue weighted by molar-refractivity contribution is -0.142. The van der Waals surface area contributed by atoms with E-state index in [-0.39, 0.29) is 36.0 Å². The average Bonchev–Trinajstić information content (AvgIpc) is 2.77. The van der Waals surface area contributed by atoms with Crippen LogP contribution < -0.4 is 0 Å². The maximum Gasteiger partial charge on any atom is 0.410 e. The molecule has 0 spiro atoms. The lowest BCUT2D eigenvalue weighted by atomic mass is 9.85. The van der Waals surface area contributed by atoms with Gasteiger partial charge in [-0.2, -0.15) is 0 Å². The second kappa shape index (κ2) is 11.1. The first kappa shape index (κ1) is 27.8. The Morgan fingerprint density at radius 3 is 2.03 bits per heavy atom. The van der Waals surface area contributed by atoms with Crippen molar-refractivity contribution in [2.75, 3.05) is 32.7 Å². The summed E-state index contributed by atoms with van der Waals surface area (Å²) in [5.41, 5.74) is -0.0163. The number of benzene rings is 1. The fourth-order valence-electron chi connectivity index (χ4n) is 4.92. The van der Waals surface area contributed by atoms with Crippen molar-refractivity contribution in [1.82, 2.24) is 14.7 Å². The second-order valence-electron chi connectivity index (χ2n) is 12.1. The van der Waals surface area contributed by atoms with Crippen molar-refractivity contribution in [3.05, 3.63) is 35.9 Å². The SMILES string of the molecule is C[C@@H]1CN(C(=O)OC(C)(C)C)CC[C@@H]1C(=O)N1CCN(C(=O)OC(C)(C)C)C(Cc2ccccc2)C1. The molecular weight excluding hydrogens is 458 g/mol. The monoisotopic (exact) mass is 501 g/mol. The van der Waals surface area contributed by atoms with E-state index in [1.807, 2.05) is 83.7 Å². The van der Waals surface area contributed by atoms with Crippen LogP contribution in [0.25, 0.3) is 0 Å². The number of amides is 3. The molecule has 2 saturated heterocycles. The van der Waals surface area contributed by atoms with Crippen molar-refractivity contribution in [2.24, 2.45) is 11.8 Å². The molecule has 3 atom stereocenters. The number of carbonyl (C=O) groups is 3. The number of nitrogens with zero attached hydrogens (tertiary/aromatic N) is 3. The quantitative estimate of drug-likeness (QED) is 0.606. The highest BCUT2D eigenvalue weighted by atomic mass is 16.6. The number of piperidine rings is 1. The average molecular weight is 502 g/mol. The van der Waals surface area contributed by atoms with Gasteiger partial charge in [-0.25, -0.2) is 9.59 Å². The van der Waals surface area contributed by atoms with Crippen LogP contribution in [-0.2, 0) is 20.7 Å². The summed E-state index contributed by atoms with van der Waals surface area (Å²) in [6.45, 7) is 15.5. The van der Waals surface area contributed by atoms with Gasteiger partial charge in [0.1, 0.15) is 11.2 Å². The van der Waals surface area contributed by atoms with Gasteiger partial charge in [-0.05, 0) is 65.9 Å². The molecule has 2 fully saturated rings. The van der Waals surface area contributed by atoms with E-state index in [0.717, 1.165) is 5.56 Å². The molecule has 36 heavy (non-hydrogen) atoms. The summed E-state index contributed by atoms with van der Waals surface area (Å²) in [5.74, 6) is -0.0300. The maximum atomic E-state index is 13.6. The molecule has 0 aliphatic carbocycles. The highest BCUT2D eigenvalue weighted by molar-refractivity contribution is 5.80. The van der Waals surface area contributed by atoms with E-state index < -0.39 is 11.2 Å². The molecule has 3 amide bonds. The highest BCUT2D eigenvalue weighted by Gasteiger charge is 2.40. The molecule has 0 aromatic heterocycles. The van der Waals surface area contributed by atoms with Crippen LogP contribution in [0.1, 0.15) is 60.5 Å². The van der Waals surface area contributed by atoms with Gasteiger partial charge in [0.2, 0.25) is 5.91 Å². The zero-order chi connectivity index (χ0) is 26.7. The number of hydrogen-bond donors (Lipinski definition) is 0. The van der Waals surface area contributed by atoms with E-state index in [2.05, 4.69) is 0 Å². The van der Waals surface area contributed by atoms with Gasteiger partial charge in [0, 0.05) is 38.6 Å². The lowest BCUT2D eigenvalue weighted by Gasteiger charge is -2.44. The first-order valence-electron chi connectivity index (χ1n) is 13.0. The highest BCUT2D eigenvalue weighted by Crippen LogP contribution is 2.28. The molecule has 1 aromatic carbocycles. The summed E-state index contributed by atoms with van der Waals surface area (Å²) >= 11 is 0. The first-order valence-corrected chi connectivity index (χ1v) is 13.0. The standard InChI is InChI=1S/C28H43N3O5/c1-20-18-30(25(33)35-27(2,3)4)14-13-23(20)24(32)29-15-16-31(26(34)36-28(5,6)7)22(19-29)17-21-11-9-8-10-12-21/h8-12,20,22-23H,13-19H2,1-7H3/t20-,22?,23+/m1/s1. The van der Waals surface area contributed by atoms with Crippen molar-refractivity contribution in [3.8, 4) is 0 Å². The second-order valence-corrected chi connectivity index (χ2v) is 12.1. The van der Waals surface area contributed by atoms with Gasteiger partial charge in [0.15, 0.2) is 0 Å². The Morgan fingerprint density at radius 1 is 0.833 bits per heavy atom. The van der Waals surface area contributed by atoms with Crippen LogP contribution in [0.15, 0.2) is 30.3 Å². The molecule has 0 radical (unpaired) electrons. The first-order chi connectivity index (χ1) is 16.7. The van der Waals surface area contributed by atoms with Crippen LogP contribution in [0.4, 0.5) is 9.59 Å². The summed E-state index contributed by atoms with van der Waals surface area (Å²) < 4.78 is 11.2. The zero-order valence-electron chi connectivity index (χ0n) is 23.0. The van der Waals surface area contributed by atoms with Gasteiger partial charge in [-0.1, -0.05) is 37.3 Å². The largest absolute Gasteiger partial charge is 0.444 e. The predicted octanol–water partition coefficient (Wildman–Crippen LogP) is 4.57. The number of hydrogen-bond acceptors (Lipinski definition) is 5. The van der Waals surface area contributed by atoms with Gasteiger partial charge in [0.05, 0.1) is 6.04 Å². The molecule has 0 saturated carbocycles. The molecule has 2 heterocycles. The van der Waals surface area contributed by atoms with Crippen LogP contribution in [0.5, 0.6) is 0 Å². The molecule has 0 N–H and O–H groups in total. The van der Waals surface area contributed by atoms with E-state index in [0.29, 0.717) is 45.6 Å². The van der Waals surface area contributed by atoms with Crippen molar-refractivity contribution >= 4 is 18.1 Å². The van der Waals surface area contributed by atoms with Gasteiger partial charge in [-0.3, -0.25) is 4.79 Å². The summed E-state index contributed by atoms with van der Waals surface area (Å²) in [4.78, 5) is 44.5. The molecule has 0 bridgehead atoms. The smallest absolute Gasteiger partial charge is 0.410 e. The number of piperazine rings is 1. The van der Waals surface area contributed by atoms with Crippen molar-refractivity contribution in [3.63, 3.8) is 0 Å². The van der Waals surface area contributed by atoms with E-state index in [1.54, 1.807) is 9.80 Å². The minimum Gasteiger partial charge on any atom is -0.444 e. The van der Waals surface area contributed by atoms with Crippen molar-refractivity contribution < 1.29 is 23.9 Å². The maximum absolute atomic E-state index is 13.6. The summed E-state index contributed by atoms with van der Waals surface area (Å²) in [7, 11) is 0. The fourth-order valence-corrected chi connectivity index (χ4v) is 4.92. The molecule has 3 rings (SSSR count). The third-order valence-electron chi connectivity index (χ3n) is 6.61. The Morgan fingerprint density at radius 2 is 1.44 bits per heavy atom. The normalized spacial score (nSPS) is 23.3. The van der Waals surface area contributed by atoms with E-state index in [1.165, 1.54) is 0 Å². The topological polar surface area (TPSA) is 79.4 Å². The van der Waals surface area contributed by atoms with Crippen LogP contribution in [-0.4, -0.2) is 82.8 Å². The van der Waals surface area contributed by atoms with Gasteiger partial charge in [0.25, 0.3) is 0 Å². The molecule has 1 unspecified atom stereocenters. The van der Waals surface area contributed by atoms with E-state index in [4.69, 9.17) is 9.47 Å². The van der Waals surface area contributed by atoms with E-state index in [9.17, 15) is 14.4 Å². The van der Waals surface area contributed by atoms with Crippen molar-refractivity contribution in [2.45, 2.75) is 78.6 Å². The lowest BCUT2D eigenvalue weighted by Crippen LogP contribution is -2.60. The predicted molar refractivity (Wildman–Crippen MR) is 139 cm³/mol. The molecule has 8 nitrogen and oxygen atoms in total. The Kier molecular flexibility index (Phi) is 8.57. The minimum atomic E-state index is -0.584. The zero-order valence-corrected chi connectivity index (χ0v) is 23.0. The fraction of sp³-hybridized carbons (Fsp3) is 0.679. The number of carbonyl (C=O) groups excluding carboxylic acids is 3. The molecular formula is C28H43N3O5. The van der Waals surface area contributed by atoms with Crippen LogP contribution in [0.3, 0.4) is 0 Å². The summed E-state index contributed by atoms with van der Waals surface area (Å²) in [6, 6.07) is 9.86. The Bertz CT molecular complexity index is 921. The third-order valence-corrected chi connectivity index (χ3v) is 6.61. The molecule has 8 heteroatoms. The Balaban J connectivity index is 1.68. The Labute approximate surface area is 215 Å². The van der Waals surface area contributed by atoms with Crippen LogP contribution in [0.2, 0.25) is 0 Å². The number of likely N-dealkylation sites (tertiary alicyclic amines) is 1. The molecule has 1 aromatic rings. The van der Waals surface area contributed by atoms with E-state index >= 15 is 0 Å². The summed E-state index contributed by atoms with van der Waals surface area (Å²) in [5, 5.41) is 0. The number of ether oxygens (including phenoxy) is 2. The molecule has 200 valence electrons. The third kappa shape index (κ3) is 7.61. The van der Waals surface area contributed by atoms with Crippen molar-refractivity contribution in [1.29, 1.82) is 0 Å². The van der Waals surface area contributed by atoms with Crippen LogP contribution in [0, 0.1) is 11.8 Å². The van der Waals surface area contributed by atoms with Gasteiger partial charge >= 0.3 is 12.2 Å². The Hall–Kier alpha value is -2.77. The number of rotatable bonds is 3. The molecule has 2 aliphatic heterocycles. The minimum absolute atomic E-state index is 0.0234. The molecule has 2 aliphatic rings.